The molecule has 24 heavy (non-hydrogen) atoms. The third kappa shape index (κ3) is 10.5. The van der Waals surface area contributed by atoms with Gasteiger partial charge in [-0.1, -0.05) is 52.2 Å². The molecule has 0 atom stereocenters. The van der Waals surface area contributed by atoms with Crippen molar-refractivity contribution in [3.05, 3.63) is 25.3 Å². The minimum atomic E-state index is -1.16. The van der Waals surface area contributed by atoms with E-state index in [0.717, 1.165) is 6.16 Å². The van der Waals surface area contributed by atoms with E-state index in [0.29, 0.717) is 19.0 Å². The molecule has 0 aromatic carbocycles. The number of halogens is 1. The monoisotopic (exact) mass is 375 g/mol. The molecule has 0 unspecified atom stereocenters. The Balaban J connectivity index is 0. The van der Waals surface area contributed by atoms with Gasteiger partial charge >= 0.3 is 0 Å². The van der Waals surface area contributed by atoms with Gasteiger partial charge in [-0.05, 0) is 19.3 Å². The zero-order chi connectivity index (χ0) is 17.6. The predicted octanol–water partition coefficient (Wildman–Crippen LogP) is 2.61. The second kappa shape index (κ2) is 16.2. The number of hydrogen-bond acceptors (Lipinski definition) is 1. The summed E-state index contributed by atoms with van der Waals surface area (Å²) in [6.07, 6.45) is 15.9. The second-order valence-corrected chi connectivity index (χ2v) is 10.9. The van der Waals surface area contributed by atoms with Gasteiger partial charge in [0.15, 0.2) is 0 Å². The third-order valence-electron chi connectivity index (χ3n) is 4.48. The Morgan fingerprint density at radius 3 is 1.54 bits per heavy atom. The molecule has 1 amide bonds. The van der Waals surface area contributed by atoms with Crippen molar-refractivity contribution in [2.45, 2.75) is 59.3 Å². The van der Waals surface area contributed by atoms with Crippen LogP contribution in [0.25, 0.3) is 0 Å². The highest BCUT2D eigenvalue weighted by Gasteiger charge is 2.39. The Bertz CT molecular complexity index is 315. The van der Waals surface area contributed by atoms with E-state index in [1.54, 1.807) is 0 Å². The van der Waals surface area contributed by atoms with Crippen molar-refractivity contribution < 1.29 is 17.2 Å². The maximum atomic E-state index is 12.9. The quantitative estimate of drug-likeness (QED) is 0.318. The van der Waals surface area contributed by atoms with E-state index in [-0.39, 0.29) is 12.4 Å². The van der Waals surface area contributed by atoms with Crippen molar-refractivity contribution >= 4 is 13.2 Å². The van der Waals surface area contributed by atoms with Crippen LogP contribution in [-0.2, 0) is 4.79 Å². The van der Waals surface area contributed by atoms with Crippen LogP contribution >= 0.6 is 7.26 Å². The highest BCUT2D eigenvalue weighted by atomic mass is 35.5. The van der Waals surface area contributed by atoms with Gasteiger partial charge in [-0.15, -0.1) is 13.2 Å². The van der Waals surface area contributed by atoms with Gasteiger partial charge < -0.3 is 17.3 Å². The number of unbranched alkanes of at least 4 members (excludes halogenated alkanes) is 3. The molecule has 0 N–H and O–H groups in total. The Hall–Kier alpha value is -0.330. The highest BCUT2D eigenvalue weighted by Crippen LogP contribution is 2.60. The molecule has 0 aliphatic rings. The smallest absolute Gasteiger partial charge is 0.260 e. The Labute approximate surface area is 157 Å². The SMILES string of the molecule is C=CCN(CC=C)C(=O)C[P+](CCCC)(CCCC)CCCC.[Cl-]. The van der Waals surface area contributed by atoms with Crippen LogP contribution in [0, 0.1) is 0 Å². The summed E-state index contributed by atoms with van der Waals surface area (Å²) in [5.74, 6) is 0.321. The van der Waals surface area contributed by atoms with Crippen molar-refractivity contribution in [1.29, 1.82) is 0 Å². The fourth-order valence-electron chi connectivity index (χ4n) is 3.03. The van der Waals surface area contributed by atoms with Gasteiger partial charge in [-0.2, -0.15) is 0 Å². The summed E-state index contributed by atoms with van der Waals surface area (Å²) in [5.41, 5.74) is 0. The van der Waals surface area contributed by atoms with E-state index in [4.69, 9.17) is 0 Å². The molecule has 0 fully saturated rings. The van der Waals surface area contributed by atoms with Gasteiger partial charge in [-0.3, -0.25) is 4.79 Å². The van der Waals surface area contributed by atoms with Crippen LogP contribution in [0.2, 0.25) is 0 Å². The first-order chi connectivity index (χ1) is 11.1. The molecule has 0 saturated carbocycles. The topological polar surface area (TPSA) is 20.3 Å². The molecular weight excluding hydrogens is 337 g/mol. The molecule has 0 aliphatic heterocycles. The van der Waals surface area contributed by atoms with Crippen LogP contribution < -0.4 is 12.4 Å². The zero-order valence-corrected chi connectivity index (χ0v) is 17.9. The number of nitrogens with zero attached hydrogens (tertiary/aromatic N) is 1. The lowest BCUT2D eigenvalue weighted by Gasteiger charge is -2.30. The number of hydrogen-bond donors (Lipinski definition) is 0. The second-order valence-electron chi connectivity index (χ2n) is 6.61. The van der Waals surface area contributed by atoms with E-state index >= 15 is 0 Å². The summed E-state index contributed by atoms with van der Waals surface area (Å²) < 4.78 is 0. The molecule has 4 heteroatoms. The number of carbonyl (C=O) groups excluding carboxylic acids is 1. The Morgan fingerprint density at radius 2 is 1.25 bits per heavy atom. The van der Waals surface area contributed by atoms with E-state index in [2.05, 4.69) is 33.9 Å². The first-order valence-electron chi connectivity index (χ1n) is 9.43. The van der Waals surface area contributed by atoms with Gasteiger partial charge in [0.1, 0.15) is 6.16 Å². The largest absolute Gasteiger partial charge is 1.00 e. The lowest BCUT2D eigenvalue weighted by molar-refractivity contribution is -0.127. The lowest BCUT2D eigenvalue weighted by Crippen LogP contribution is -3.00. The average Bonchev–Trinajstić information content (AvgIpc) is 2.55. The van der Waals surface area contributed by atoms with Gasteiger partial charge in [0, 0.05) is 20.4 Å². The number of amides is 1. The fraction of sp³-hybridized carbons (Fsp3) is 0.750. The van der Waals surface area contributed by atoms with Crippen LogP contribution in [0.5, 0.6) is 0 Å². The molecule has 0 aliphatic carbocycles. The first-order valence-corrected chi connectivity index (χ1v) is 12.0. The standard InChI is InChI=1S/C20H39NOP.ClH/c1-6-11-16-23(17-12-7-2,18-13-8-3)19-20(22)21(14-9-4)15-10-5;/h9-10H,4-8,11-19H2,1-3H3;1H/q+1;/p-1. The minimum Gasteiger partial charge on any atom is -1.00 e. The molecule has 2 nitrogen and oxygen atoms in total. The summed E-state index contributed by atoms with van der Waals surface area (Å²) in [5, 5.41) is 0. The maximum Gasteiger partial charge on any atom is 0.260 e. The summed E-state index contributed by atoms with van der Waals surface area (Å²) in [4.78, 5) is 14.8. The van der Waals surface area contributed by atoms with Gasteiger partial charge in [0.2, 0.25) is 0 Å². The molecule has 0 aromatic heterocycles. The van der Waals surface area contributed by atoms with Crippen LogP contribution in [0.4, 0.5) is 0 Å². The summed E-state index contributed by atoms with van der Waals surface area (Å²) in [6, 6.07) is 0. The Kier molecular flexibility index (Phi) is 17.4. The molecule has 0 spiro atoms. The highest BCUT2D eigenvalue weighted by molar-refractivity contribution is 7.76. The van der Waals surface area contributed by atoms with Gasteiger partial charge in [0.25, 0.3) is 5.91 Å². The van der Waals surface area contributed by atoms with E-state index in [9.17, 15) is 4.79 Å². The average molecular weight is 376 g/mol. The molecule has 0 saturated heterocycles. The zero-order valence-electron chi connectivity index (χ0n) is 16.2. The predicted molar refractivity (Wildman–Crippen MR) is 108 cm³/mol. The molecule has 0 aromatic rings. The van der Waals surface area contributed by atoms with Crippen molar-refractivity contribution in [3.63, 3.8) is 0 Å². The molecule has 142 valence electrons. The van der Waals surface area contributed by atoms with Crippen molar-refractivity contribution in [2.24, 2.45) is 0 Å². The molecule has 0 heterocycles. The van der Waals surface area contributed by atoms with Gasteiger partial charge in [0.05, 0.1) is 18.5 Å². The van der Waals surface area contributed by atoms with Crippen LogP contribution in [0.1, 0.15) is 59.3 Å². The van der Waals surface area contributed by atoms with Crippen molar-refractivity contribution in [1.82, 2.24) is 4.90 Å². The Morgan fingerprint density at radius 1 is 0.875 bits per heavy atom. The van der Waals surface area contributed by atoms with Crippen molar-refractivity contribution in [3.8, 4) is 0 Å². The molecular formula is C20H39ClNOP. The summed E-state index contributed by atoms with van der Waals surface area (Å²) in [6.45, 7) is 15.6. The lowest BCUT2D eigenvalue weighted by atomic mass is 10.4. The summed E-state index contributed by atoms with van der Waals surface area (Å²) >= 11 is 0. The summed E-state index contributed by atoms with van der Waals surface area (Å²) in [7, 11) is -1.16. The normalized spacial score (nSPS) is 10.8. The fourth-order valence-corrected chi connectivity index (χ4v) is 7.91. The first kappa shape index (κ1) is 25.9. The maximum absolute atomic E-state index is 12.9. The molecule has 0 radical (unpaired) electrons. The van der Waals surface area contributed by atoms with E-state index < -0.39 is 7.26 Å². The van der Waals surface area contributed by atoms with Crippen LogP contribution in [0.15, 0.2) is 25.3 Å². The molecule has 0 rings (SSSR count). The van der Waals surface area contributed by atoms with Crippen LogP contribution in [-0.4, -0.2) is 48.5 Å². The third-order valence-corrected chi connectivity index (χ3v) is 9.22. The molecule has 0 bridgehead atoms. The van der Waals surface area contributed by atoms with E-state index in [1.165, 1.54) is 57.0 Å². The minimum absolute atomic E-state index is 0. The van der Waals surface area contributed by atoms with Gasteiger partial charge in [-0.25, -0.2) is 0 Å². The number of carbonyl (C=O) groups is 1. The van der Waals surface area contributed by atoms with Crippen LogP contribution in [0.3, 0.4) is 0 Å². The number of rotatable bonds is 15. The van der Waals surface area contributed by atoms with E-state index in [1.807, 2.05) is 17.1 Å². The van der Waals surface area contributed by atoms with Crippen molar-refractivity contribution in [2.75, 3.05) is 37.7 Å².